The van der Waals surface area contributed by atoms with Gasteiger partial charge < -0.3 is 9.47 Å². The maximum Gasteiger partial charge on any atom is 0.144 e. The fraction of sp³-hybridized carbons (Fsp3) is 1.00. The Hall–Kier alpha value is 0.452. The van der Waals surface area contributed by atoms with Crippen molar-refractivity contribution in [3.63, 3.8) is 0 Å². The lowest BCUT2D eigenvalue weighted by Crippen LogP contribution is -2.24. The molecule has 0 aliphatic rings. The van der Waals surface area contributed by atoms with Crippen molar-refractivity contribution in [2.24, 2.45) is 11.8 Å². The zero-order chi connectivity index (χ0) is 15.9. The van der Waals surface area contributed by atoms with Gasteiger partial charge in [0.05, 0.1) is 13.2 Å². The lowest BCUT2D eigenvalue weighted by molar-refractivity contribution is -0.146. The van der Waals surface area contributed by atoms with Crippen LogP contribution in [0.3, 0.4) is 0 Å². The minimum absolute atomic E-state index is 0.0404. The molecule has 0 heterocycles. The van der Waals surface area contributed by atoms with E-state index < -0.39 is 0 Å². The van der Waals surface area contributed by atoms with Crippen molar-refractivity contribution >= 4 is 16.3 Å². The number of ether oxygens (including phenoxy) is 2. The van der Waals surface area contributed by atoms with Crippen molar-refractivity contribution in [3.8, 4) is 0 Å². The predicted octanol–water partition coefficient (Wildman–Crippen LogP) is 5.37. The Morgan fingerprint density at radius 2 is 1.19 bits per heavy atom. The van der Waals surface area contributed by atoms with Gasteiger partial charge in [-0.1, -0.05) is 71.5 Å². The van der Waals surface area contributed by atoms with Gasteiger partial charge in [-0.25, -0.2) is 0 Å². The second-order valence-corrected chi connectivity index (χ2v) is 6.64. The third-order valence-corrected chi connectivity index (χ3v) is 4.70. The van der Waals surface area contributed by atoms with Crippen LogP contribution in [-0.4, -0.2) is 35.8 Å². The molecular formula is C18H37AlO2. The second-order valence-electron chi connectivity index (χ2n) is 6.16. The van der Waals surface area contributed by atoms with E-state index in [0.717, 1.165) is 18.5 Å². The average molecular weight is 312 g/mol. The molecule has 0 aliphatic heterocycles. The van der Waals surface area contributed by atoms with Crippen molar-refractivity contribution in [1.82, 2.24) is 0 Å². The largest absolute Gasteiger partial charge is 0.354 e. The Morgan fingerprint density at radius 1 is 0.762 bits per heavy atom. The van der Waals surface area contributed by atoms with Crippen molar-refractivity contribution in [2.75, 3.05) is 13.2 Å². The summed E-state index contributed by atoms with van der Waals surface area (Å²) in [5.74, 6) is 1.38. The van der Waals surface area contributed by atoms with E-state index in [1.54, 1.807) is 0 Å². The summed E-state index contributed by atoms with van der Waals surface area (Å²) in [6, 6.07) is 0. The van der Waals surface area contributed by atoms with Crippen molar-refractivity contribution in [3.05, 3.63) is 0 Å². The van der Waals surface area contributed by atoms with E-state index in [1.165, 1.54) is 51.4 Å². The van der Waals surface area contributed by atoms with E-state index in [9.17, 15) is 0 Å². The molecule has 0 aromatic carbocycles. The molecule has 124 valence electrons. The normalized spacial score (nSPS) is 15.8. The summed E-state index contributed by atoms with van der Waals surface area (Å²) >= 11 is 2.76. The molecule has 0 saturated heterocycles. The van der Waals surface area contributed by atoms with Gasteiger partial charge in [-0.05, 0) is 24.7 Å². The molecule has 3 heteroatoms. The van der Waals surface area contributed by atoms with Crippen molar-refractivity contribution in [2.45, 2.75) is 90.6 Å². The first-order valence-electron chi connectivity index (χ1n) is 9.14. The third-order valence-electron chi connectivity index (χ3n) is 4.31. The molecule has 0 amide bonds. The lowest BCUT2D eigenvalue weighted by Gasteiger charge is -2.24. The summed E-state index contributed by atoms with van der Waals surface area (Å²) in [6.45, 7) is 10.7. The lowest BCUT2D eigenvalue weighted by atomic mass is 10.0. The highest BCUT2D eigenvalue weighted by Gasteiger charge is 2.13. The first-order valence-corrected chi connectivity index (χ1v) is 9.96. The third kappa shape index (κ3) is 11.6. The molecule has 0 aromatic heterocycles. The molecule has 2 unspecified atom stereocenters. The SMILES string of the molecule is CCCCC(CC)COC([CH2][Al])OCC(CC)CCCC. The molecule has 2 radical (unpaired) electrons. The first kappa shape index (κ1) is 21.5. The highest BCUT2D eigenvalue weighted by atomic mass is 27.0. The molecule has 21 heavy (non-hydrogen) atoms. The maximum atomic E-state index is 6.00. The highest BCUT2D eigenvalue weighted by Crippen LogP contribution is 2.17. The minimum Gasteiger partial charge on any atom is -0.354 e. The van der Waals surface area contributed by atoms with Crippen molar-refractivity contribution < 1.29 is 9.47 Å². The van der Waals surface area contributed by atoms with Gasteiger partial charge >= 0.3 is 0 Å². The van der Waals surface area contributed by atoms with E-state index in [4.69, 9.17) is 9.47 Å². The number of rotatable bonds is 15. The van der Waals surface area contributed by atoms with E-state index in [0.29, 0.717) is 11.8 Å². The summed E-state index contributed by atoms with van der Waals surface area (Å²) in [7, 11) is 0. The predicted molar refractivity (Wildman–Crippen MR) is 92.9 cm³/mol. The molecule has 0 saturated carbocycles. The van der Waals surface area contributed by atoms with Crippen LogP contribution in [0.1, 0.15) is 79.1 Å². The fourth-order valence-corrected chi connectivity index (χ4v) is 2.74. The van der Waals surface area contributed by atoms with Crippen LogP contribution < -0.4 is 0 Å². The summed E-state index contributed by atoms with van der Waals surface area (Å²) < 4.78 is 12.0. The summed E-state index contributed by atoms with van der Waals surface area (Å²) in [4.78, 5) is 0. The molecule has 0 N–H and O–H groups in total. The molecule has 0 bridgehead atoms. The van der Waals surface area contributed by atoms with Gasteiger partial charge in [-0.3, -0.25) is 0 Å². The smallest absolute Gasteiger partial charge is 0.144 e. The monoisotopic (exact) mass is 312 g/mol. The zero-order valence-corrected chi connectivity index (χ0v) is 16.1. The molecule has 0 aromatic rings. The van der Waals surface area contributed by atoms with Crippen LogP contribution in [0.15, 0.2) is 0 Å². The van der Waals surface area contributed by atoms with Gasteiger partial charge in [0, 0.05) is 0 Å². The van der Waals surface area contributed by atoms with Gasteiger partial charge in [0.2, 0.25) is 0 Å². The van der Waals surface area contributed by atoms with E-state index in [1.807, 2.05) is 0 Å². The second kappa shape index (κ2) is 15.4. The Labute approximate surface area is 141 Å². The number of hydrogen-bond donors (Lipinski definition) is 0. The Morgan fingerprint density at radius 3 is 1.48 bits per heavy atom. The molecule has 0 spiro atoms. The van der Waals surface area contributed by atoms with Crippen LogP contribution in [0, 0.1) is 11.8 Å². The number of hydrogen-bond acceptors (Lipinski definition) is 2. The van der Waals surface area contributed by atoms with Crippen LogP contribution in [0.4, 0.5) is 0 Å². The van der Waals surface area contributed by atoms with Crippen LogP contribution in [0.2, 0.25) is 5.28 Å². The summed E-state index contributed by atoms with van der Waals surface area (Å²) in [6.07, 6.45) is 10.1. The zero-order valence-electron chi connectivity index (χ0n) is 14.9. The summed E-state index contributed by atoms with van der Waals surface area (Å²) in [5.41, 5.74) is 0. The molecule has 0 rings (SSSR count). The van der Waals surface area contributed by atoms with Gasteiger partial charge in [0.15, 0.2) is 0 Å². The first-order chi connectivity index (χ1) is 10.2. The molecule has 0 aliphatic carbocycles. The average Bonchev–Trinajstić information content (AvgIpc) is 2.52. The Bertz CT molecular complexity index is 191. The maximum absolute atomic E-state index is 6.00. The molecule has 2 nitrogen and oxygen atoms in total. The van der Waals surface area contributed by atoms with E-state index in [2.05, 4.69) is 44.0 Å². The van der Waals surface area contributed by atoms with Crippen LogP contribution in [0.25, 0.3) is 0 Å². The molecular weight excluding hydrogens is 275 g/mol. The number of unbranched alkanes of at least 4 members (excludes halogenated alkanes) is 2. The Kier molecular flexibility index (Phi) is 15.7. The van der Waals surface area contributed by atoms with Gasteiger partial charge in [-0.2, -0.15) is 0 Å². The molecule has 0 fully saturated rings. The topological polar surface area (TPSA) is 18.5 Å². The van der Waals surface area contributed by atoms with E-state index >= 15 is 0 Å². The van der Waals surface area contributed by atoms with Gasteiger partial charge in [0.1, 0.15) is 22.6 Å². The fourth-order valence-electron chi connectivity index (χ4n) is 2.47. The Balaban J connectivity index is 3.96. The van der Waals surface area contributed by atoms with Crippen LogP contribution in [0.5, 0.6) is 0 Å². The minimum atomic E-state index is -0.0404. The van der Waals surface area contributed by atoms with Crippen molar-refractivity contribution in [1.29, 1.82) is 0 Å². The quantitative estimate of drug-likeness (QED) is 0.299. The van der Waals surface area contributed by atoms with Crippen LogP contribution in [-0.2, 0) is 9.47 Å². The molecule has 2 atom stereocenters. The highest BCUT2D eigenvalue weighted by molar-refractivity contribution is 6.08. The van der Waals surface area contributed by atoms with Gasteiger partial charge in [-0.15, -0.1) is 0 Å². The van der Waals surface area contributed by atoms with Gasteiger partial charge in [0.25, 0.3) is 0 Å². The van der Waals surface area contributed by atoms with Crippen LogP contribution >= 0.6 is 0 Å². The standard InChI is InChI=1S/C18H37O2.Al/c1-6-10-12-17(8-3)14-19-16(5)20-15-18(9-4)13-11-7-2;/h16-18H,5-15H2,1-4H3;. The van der Waals surface area contributed by atoms with E-state index in [-0.39, 0.29) is 6.29 Å². The summed E-state index contributed by atoms with van der Waals surface area (Å²) in [5, 5.41) is 0.869.